The molecule has 2 fully saturated rings. The van der Waals surface area contributed by atoms with Crippen LogP contribution in [0.3, 0.4) is 0 Å². The number of halogens is 3. The molecule has 2 aromatic rings. The average molecular weight is 651 g/mol. The van der Waals surface area contributed by atoms with E-state index in [0.29, 0.717) is 57.2 Å². The number of alkyl halides is 3. The van der Waals surface area contributed by atoms with Crippen molar-refractivity contribution >= 4 is 34.2 Å². The number of piperidine rings is 1. The summed E-state index contributed by atoms with van der Waals surface area (Å²) >= 11 is 1.24. The smallest absolute Gasteiger partial charge is 0.419 e. The number of carbonyl (C=O) groups is 2. The van der Waals surface area contributed by atoms with Crippen LogP contribution >= 0.6 is 11.3 Å². The summed E-state index contributed by atoms with van der Waals surface area (Å²) in [5.74, 6) is -2.05. The van der Waals surface area contributed by atoms with Crippen LogP contribution in [0.15, 0.2) is 35.9 Å². The summed E-state index contributed by atoms with van der Waals surface area (Å²) in [5.41, 5.74) is -0.307. The molecule has 4 heterocycles. The molecule has 45 heavy (non-hydrogen) atoms. The number of nitrogens with one attached hydrogen (secondary N) is 1. The molecule has 0 radical (unpaired) electrons. The molecular weight excluding hydrogens is 613 g/mol. The van der Waals surface area contributed by atoms with Crippen molar-refractivity contribution in [1.29, 1.82) is 0 Å². The van der Waals surface area contributed by atoms with Crippen molar-refractivity contribution in [1.82, 2.24) is 19.9 Å². The van der Waals surface area contributed by atoms with E-state index in [1.807, 2.05) is 11.8 Å². The zero-order chi connectivity index (χ0) is 32.1. The van der Waals surface area contributed by atoms with Gasteiger partial charge in [0, 0.05) is 43.1 Å². The van der Waals surface area contributed by atoms with Crippen LogP contribution in [-0.4, -0.2) is 89.0 Å². The predicted octanol–water partition coefficient (Wildman–Crippen LogP) is 4.99. The van der Waals surface area contributed by atoms with Gasteiger partial charge < -0.3 is 19.5 Å². The predicted molar refractivity (Wildman–Crippen MR) is 161 cm³/mol. The third kappa shape index (κ3) is 7.82. The molecule has 0 saturated carbocycles. The van der Waals surface area contributed by atoms with E-state index in [1.165, 1.54) is 36.9 Å². The molecule has 0 spiro atoms. The summed E-state index contributed by atoms with van der Waals surface area (Å²) < 4.78 is 52.4. The van der Waals surface area contributed by atoms with Gasteiger partial charge >= 0.3 is 12.1 Å². The summed E-state index contributed by atoms with van der Waals surface area (Å²) in [4.78, 5) is 42.6. The van der Waals surface area contributed by atoms with Crippen molar-refractivity contribution in [2.75, 3.05) is 50.2 Å². The number of hydrogen-bond acceptors (Lipinski definition) is 10. The topological polar surface area (TPSA) is 130 Å². The van der Waals surface area contributed by atoms with Crippen LogP contribution in [-0.2, 0) is 20.8 Å². The van der Waals surface area contributed by atoms with Gasteiger partial charge in [0.15, 0.2) is 5.13 Å². The Labute approximate surface area is 263 Å². The molecule has 11 nitrogen and oxygen atoms in total. The molecule has 2 aromatic heterocycles. The minimum absolute atomic E-state index is 0.0541. The molecule has 2 aliphatic heterocycles. The van der Waals surface area contributed by atoms with E-state index in [4.69, 9.17) is 9.47 Å². The highest BCUT2D eigenvalue weighted by atomic mass is 32.1. The van der Waals surface area contributed by atoms with Crippen molar-refractivity contribution in [2.24, 2.45) is 5.92 Å². The van der Waals surface area contributed by atoms with Gasteiger partial charge in [-0.3, -0.25) is 19.8 Å². The number of anilines is 2. The molecule has 5 rings (SSSR count). The second kappa shape index (κ2) is 14.3. The number of ether oxygens (including phenoxy) is 2. The number of nitrogens with zero attached hydrogens (tertiary/aromatic N) is 5. The summed E-state index contributed by atoms with van der Waals surface area (Å²) in [7, 11) is 1.22. The molecule has 1 unspecified atom stereocenters. The average Bonchev–Trinajstić information content (AvgIpc) is 3.65. The molecule has 15 heteroatoms. The largest absolute Gasteiger partial charge is 0.496 e. The van der Waals surface area contributed by atoms with Gasteiger partial charge in [-0.1, -0.05) is 6.08 Å². The van der Waals surface area contributed by atoms with Crippen LogP contribution < -0.4 is 10.2 Å². The third-order valence-electron chi connectivity index (χ3n) is 8.41. The summed E-state index contributed by atoms with van der Waals surface area (Å²) in [6, 6.07) is 0.189. The van der Waals surface area contributed by atoms with E-state index < -0.39 is 29.5 Å². The normalized spacial score (nSPS) is 21.4. The fourth-order valence-electron chi connectivity index (χ4n) is 5.98. The molecule has 244 valence electrons. The maximum Gasteiger partial charge on any atom is 0.419 e. The Balaban J connectivity index is 1.35. The van der Waals surface area contributed by atoms with Gasteiger partial charge in [0.05, 0.1) is 43.3 Å². The molecule has 1 amide bonds. The van der Waals surface area contributed by atoms with Gasteiger partial charge in [0.25, 0.3) is 5.91 Å². The molecule has 2 saturated heterocycles. The minimum atomic E-state index is -4.59. The number of thiazole rings is 1. The molecule has 3 aliphatic rings. The summed E-state index contributed by atoms with van der Waals surface area (Å²) in [6.07, 6.45) is 4.05. The highest BCUT2D eigenvalue weighted by molar-refractivity contribution is 7.15. The van der Waals surface area contributed by atoms with E-state index in [1.54, 1.807) is 0 Å². The molecule has 2 N–H and O–H groups in total. The van der Waals surface area contributed by atoms with Crippen molar-refractivity contribution < 1.29 is 37.3 Å². The van der Waals surface area contributed by atoms with Crippen LogP contribution in [0, 0.1) is 5.92 Å². The standard InChI is InChI=1S/C30H37F3N6O5S/c1-3-44-17-20-5-4-10-39(20)16-24-26(19-6-7-23(43-2)21(13-19)30(31,32)33)36-29(45-24)37-27(40)22-14-35-25(15-34-22)38-11-8-18(9-12-38)28(41)42/h7,13-15,18-20H,3-6,8-12,16-17H2,1-2H3,(H,41,42)(H,36,37,40)/t19?,20-/m1/s1. The van der Waals surface area contributed by atoms with Crippen LogP contribution in [0.5, 0.6) is 0 Å². The van der Waals surface area contributed by atoms with Gasteiger partial charge in [0.2, 0.25) is 0 Å². The van der Waals surface area contributed by atoms with Gasteiger partial charge in [-0.2, -0.15) is 13.2 Å². The first-order valence-corrected chi connectivity index (χ1v) is 15.8. The van der Waals surface area contributed by atoms with Crippen molar-refractivity contribution in [3.05, 3.63) is 52.1 Å². The van der Waals surface area contributed by atoms with Gasteiger partial charge in [-0.05, 0) is 51.6 Å². The number of amides is 1. The Morgan fingerprint density at radius 2 is 1.93 bits per heavy atom. The fourth-order valence-corrected chi connectivity index (χ4v) is 7.04. The van der Waals surface area contributed by atoms with E-state index in [0.717, 1.165) is 30.3 Å². The fraction of sp³-hybridized carbons (Fsp3) is 0.567. The number of allylic oxidation sites excluding steroid dienone is 3. The number of methoxy groups -OCH3 is 1. The lowest BCUT2D eigenvalue weighted by Crippen LogP contribution is -2.36. The van der Waals surface area contributed by atoms with Crippen LogP contribution in [0.2, 0.25) is 0 Å². The third-order valence-corrected chi connectivity index (χ3v) is 9.39. The van der Waals surface area contributed by atoms with Crippen LogP contribution in [0.1, 0.15) is 66.0 Å². The molecule has 0 bridgehead atoms. The highest BCUT2D eigenvalue weighted by Gasteiger charge is 2.40. The van der Waals surface area contributed by atoms with Gasteiger partial charge in [-0.15, -0.1) is 11.3 Å². The lowest BCUT2D eigenvalue weighted by Gasteiger charge is -2.30. The van der Waals surface area contributed by atoms with Gasteiger partial charge in [-0.25, -0.2) is 15.0 Å². The monoisotopic (exact) mass is 650 g/mol. The number of likely N-dealkylation sites (tertiary alicyclic amines) is 1. The van der Waals surface area contributed by atoms with E-state index >= 15 is 0 Å². The number of hydrogen-bond donors (Lipinski definition) is 2. The second-order valence-corrected chi connectivity index (χ2v) is 12.3. The quantitative estimate of drug-likeness (QED) is 0.343. The Morgan fingerprint density at radius 3 is 2.58 bits per heavy atom. The number of aromatic nitrogens is 3. The first-order chi connectivity index (χ1) is 21.6. The Morgan fingerprint density at radius 1 is 1.16 bits per heavy atom. The Kier molecular flexibility index (Phi) is 10.4. The first kappa shape index (κ1) is 32.8. The SMILES string of the molecule is CCOC[C@H]1CCCN1Cc1sc(NC(=O)c2cnc(N3CCC(C(=O)O)CC3)cn2)nc1C1C=C(C(F)(F)F)C(OC)=CC1. The second-order valence-electron chi connectivity index (χ2n) is 11.3. The lowest BCUT2D eigenvalue weighted by molar-refractivity contribution is -0.142. The molecule has 0 aromatic carbocycles. The Bertz CT molecular complexity index is 1420. The van der Waals surface area contributed by atoms with Crippen molar-refractivity contribution in [2.45, 2.75) is 63.7 Å². The molecular formula is C30H37F3N6O5S. The van der Waals surface area contributed by atoms with Crippen LogP contribution in [0.25, 0.3) is 0 Å². The highest BCUT2D eigenvalue weighted by Crippen LogP contribution is 2.42. The maximum absolute atomic E-state index is 13.9. The number of rotatable bonds is 11. The zero-order valence-electron chi connectivity index (χ0n) is 25.2. The maximum atomic E-state index is 13.9. The van der Waals surface area contributed by atoms with Crippen molar-refractivity contribution in [3.63, 3.8) is 0 Å². The van der Waals surface area contributed by atoms with Gasteiger partial charge in [0.1, 0.15) is 17.3 Å². The van der Waals surface area contributed by atoms with Crippen LogP contribution in [0.4, 0.5) is 24.1 Å². The number of carboxylic acids is 1. The number of carbonyl (C=O) groups excluding carboxylic acids is 1. The van der Waals surface area contributed by atoms with E-state index in [2.05, 4.69) is 25.2 Å². The van der Waals surface area contributed by atoms with E-state index in [9.17, 15) is 27.9 Å². The summed E-state index contributed by atoms with van der Waals surface area (Å²) in [6.45, 7) is 5.46. The molecule has 2 atom stereocenters. The minimum Gasteiger partial charge on any atom is -0.496 e. The summed E-state index contributed by atoms with van der Waals surface area (Å²) in [5, 5.41) is 12.3. The van der Waals surface area contributed by atoms with Crippen molar-refractivity contribution in [3.8, 4) is 0 Å². The number of carboxylic acid groups (broad SMARTS) is 1. The molecule has 1 aliphatic carbocycles. The lowest BCUT2D eigenvalue weighted by atomic mass is 9.91. The number of aliphatic carboxylic acids is 1. The first-order valence-electron chi connectivity index (χ1n) is 15.0. The van der Waals surface area contributed by atoms with E-state index in [-0.39, 0.29) is 35.0 Å². The Hall–Kier alpha value is -3.56. The zero-order valence-corrected chi connectivity index (χ0v) is 26.0.